The van der Waals surface area contributed by atoms with Crippen LogP contribution in [0, 0.1) is 0 Å². The summed E-state index contributed by atoms with van der Waals surface area (Å²) in [4.78, 5) is 4.46. The molecule has 5 heteroatoms. The lowest BCUT2D eigenvalue weighted by molar-refractivity contribution is -0.112. The zero-order valence-corrected chi connectivity index (χ0v) is 17.6. The number of nitrogens with zero attached hydrogens (tertiary/aromatic N) is 2. The highest BCUT2D eigenvalue weighted by Crippen LogP contribution is 2.49. The third-order valence-electron chi connectivity index (χ3n) is 6.61. The van der Waals surface area contributed by atoms with Gasteiger partial charge in [-0.3, -0.25) is 9.80 Å². The molecule has 0 aromatic heterocycles. The van der Waals surface area contributed by atoms with Crippen molar-refractivity contribution in [2.75, 3.05) is 11.9 Å². The van der Waals surface area contributed by atoms with Gasteiger partial charge in [0.05, 0.1) is 5.69 Å². The molecule has 0 amide bonds. The number of likely N-dealkylation sites (tertiary alicyclic amines) is 1. The second kappa shape index (κ2) is 5.90. The van der Waals surface area contributed by atoms with Crippen molar-refractivity contribution in [2.45, 2.75) is 63.4 Å². The standard InChI is InChI=1S/C22H29N3OS/c1-20(2)13-22(14-21(3,4)24(20)5)18(23)25(19(27)26-22)17-12-8-10-15-9-6-7-11-16(15)17/h6-12,18H,13-14,23H2,1-5H3. The van der Waals surface area contributed by atoms with E-state index in [4.69, 9.17) is 22.7 Å². The van der Waals surface area contributed by atoms with Crippen molar-refractivity contribution < 1.29 is 4.74 Å². The molecule has 0 bridgehead atoms. The van der Waals surface area contributed by atoms with Gasteiger partial charge in [-0.15, -0.1) is 0 Å². The number of ether oxygens (including phenoxy) is 1. The molecule has 2 aromatic rings. The molecule has 2 saturated heterocycles. The van der Waals surface area contributed by atoms with E-state index in [9.17, 15) is 0 Å². The van der Waals surface area contributed by atoms with Crippen molar-refractivity contribution in [1.29, 1.82) is 0 Å². The summed E-state index contributed by atoms with van der Waals surface area (Å²) >= 11 is 5.71. The van der Waals surface area contributed by atoms with E-state index in [0.717, 1.165) is 23.9 Å². The Morgan fingerprint density at radius 3 is 2.26 bits per heavy atom. The number of anilines is 1. The smallest absolute Gasteiger partial charge is 0.266 e. The summed E-state index contributed by atoms with van der Waals surface area (Å²) in [5.74, 6) is 0. The number of nitrogens with two attached hydrogens (primary N) is 1. The zero-order chi connectivity index (χ0) is 19.6. The minimum absolute atomic E-state index is 0.0379. The lowest BCUT2D eigenvalue weighted by Gasteiger charge is -2.57. The van der Waals surface area contributed by atoms with Gasteiger partial charge in [-0.2, -0.15) is 0 Å². The van der Waals surface area contributed by atoms with Gasteiger partial charge in [-0.05, 0) is 58.4 Å². The highest BCUT2D eigenvalue weighted by atomic mass is 32.1. The maximum absolute atomic E-state index is 6.88. The first-order chi connectivity index (χ1) is 12.6. The molecule has 1 spiro atoms. The van der Waals surface area contributed by atoms with Gasteiger partial charge >= 0.3 is 0 Å². The largest absolute Gasteiger partial charge is 0.460 e. The first kappa shape index (κ1) is 18.7. The third kappa shape index (κ3) is 2.75. The summed E-state index contributed by atoms with van der Waals surface area (Å²) in [7, 11) is 2.19. The Morgan fingerprint density at radius 1 is 1.00 bits per heavy atom. The van der Waals surface area contributed by atoms with Gasteiger partial charge in [0.25, 0.3) is 5.17 Å². The Bertz CT molecular complexity index is 884. The number of fused-ring (bicyclic) bond motifs is 1. The van der Waals surface area contributed by atoms with Crippen LogP contribution < -0.4 is 10.6 Å². The third-order valence-corrected chi connectivity index (χ3v) is 6.89. The van der Waals surface area contributed by atoms with Gasteiger partial charge in [0.2, 0.25) is 0 Å². The van der Waals surface area contributed by atoms with Gasteiger partial charge in [0.1, 0.15) is 11.8 Å². The molecule has 0 aliphatic carbocycles. The number of piperidine rings is 1. The Balaban J connectivity index is 1.80. The highest BCUT2D eigenvalue weighted by Gasteiger charge is 2.60. The predicted octanol–water partition coefficient (Wildman–Crippen LogP) is 4.27. The van der Waals surface area contributed by atoms with Crippen LogP contribution in [0.3, 0.4) is 0 Å². The Kier molecular flexibility index (Phi) is 4.08. The fourth-order valence-corrected chi connectivity index (χ4v) is 5.54. The molecule has 4 rings (SSSR count). The summed E-state index contributed by atoms with van der Waals surface area (Å²) < 4.78 is 6.44. The maximum Gasteiger partial charge on any atom is 0.266 e. The monoisotopic (exact) mass is 383 g/mol. The van der Waals surface area contributed by atoms with E-state index < -0.39 is 5.60 Å². The predicted molar refractivity (Wildman–Crippen MR) is 116 cm³/mol. The molecule has 2 heterocycles. The van der Waals surface area contributed by atoms with E-state index in [-0.39, 0.29) is 17.2 Å². The van der Waals surface area contributed by atoms with E-state index in [1.54, 1.807) is 0 Å². The minimum Gasteiger partial charge on any atom is -0.460 e. The second-order valence-corrected chi connectivity index (χ2v) is 9.63. The van der Waals surface area contributed by atoms with E-state index in [0.29, 0.717) is 5.17 Å². The molecule has 144 valence electrons. The molecule has 2 aliphatic rings. The minimum atomic E-state index is -0.493. The van der Waals surface area contributed by atoms with Crippen molar-refractivity contribution in [1.82, 2.24) is 4.90 Å². The number of benzene rings is 2. The van der Waals surface area contributed by atoms with E-state index in [2.05, 4.69) is 76.0 Å². The first-order valence-electron chi connectivity index (χ1n) is 9.57. The number of thiocarbonyl (C=S) groups is 1. The molecule has 1 unspecified atom stereocenters. The molecular formula is C22H29N3OS. The fourth-order valence-electron chi connectivity index (χ4n) is 5.16. The number of rotatable bonds is 1. The quantitative estimate of drug-likeness (QED) is 0.745. The summed E-state index contributed by atoms with van der Waals surface area (Å²) in [6, 6.07) is 14.6. The van der Waals surface area contributed by atoms with Gasteiger partial charge < -0.3 is 10.5 Å². The molecule has 1 atom stereocenters. The Labute approximate surface area is 167 Å². The van der Waals surface area contributed by atoms with Crippen LogP contribution in [0.15, 0.2) is 42.5 Å². The average Bonchev–Trinajstić information content (AvgIpc) is 2.81. The lowest BCUT2D eigenvalue weighted by atomic mass is 9.70. The molecule has 0 saturated carbocycles. The van der Waals surface area contributed by atoms with Crippen molar-refractivity contribution in [3.63, 3.8) is 0 Å². The van der Waals surface area contributed by atoms with Crippen LogP contribution in [0.4, 0.5) is 5.69 Å². The first-order valence-corrected chi connectivity index (χ1v) is 9.98. The normalized spacial score (nSPS) is 26.5. The lowest BCUT2D eigenvalue weighted by Crippen LogP contribution is -2.68. The van der Waals surface area contributed by atoms with Crippen LogP contribution in [0.5, 0.6) is 0 Å². The molecular weight excluding hydrogens is 354 g/mol. The van der Waals surface area contributed by atoms with Gasteiger partial charge in [-0.25, -0.2) is 0 Å². The Hall–Kier alpha value is -1.69. The van der Waals surface area contributed by atoms with Crippen LogP contribution in [0.1, 0.15) is 40.5 Å². The van der Waals surface area contributed by atoms with Gasteiger partial charge in [-0.1, -0.05) is 36.4 Å². The Morgan fingerprint density at radius 2 is 1.59 bits per heavy atom. The van der Waals surface area contributed by atoms with E-state index in [1.807, 2.05) is 11.0 Å². The van der Waals surface area contributed by atoms with Gasteiger partial charge in [0, 0.05) is 29.3 Å². The van der Waals surface area contributed by atoms with Crippen LogP contribution in [0.25, 0.3) is 10.8 Å². The van der Waals surface area contributed by atoms with Crippen molar-refractivity contribution in [2.24, 2.45) is 5.73 Å². The molecule has 4 nitrogen and oxygen atoms in total. The summed E-state index contributed by atoms with van der Waals surface area (Å²) in [6.45, 7) is 9.04. The molecule has 2 aromatic carbocycles. The van der Waals surface area contributed by atoms with Crippen LogP contribution >= 0.6 is 12.2 Å². The van der Waals surface area contributed by atoms with E-state index >= 15 is 0 Å². The molecule has 2 N–H and O–H groups in total. The number of hydrogen-bond donors (Lipinski definition) is 1. The summed E-state index contributed by atoms with van der Waals surface area (Å²) in [5, 5.41) is 2.80. The van der Waals surface area contributed by atoms with Crippen LogP contribution in [0.2, 0.25) is 0 Å². The van der Waals surface area contributed by atoms with E-state index in [1.165, 1.54) is 5.39 Å². The van der Waals surface area contributed by atoms with Crippen molar-refractivity contribution in [3.05, 3.63) is 42.5 Å². The molecule has 2 fully saturated rings. The van der Waals surface area contributed by atoms with Gasteiger partial charge in [0.15, 0.2) is 0 Å². The van der Waals surface area contributed by atoms with Crippen molar-refractivity contribution >= 4 is 33.9 Å². The average molecular weight is 384 g/mol. The molecule has 0 radical (unpaired) electrons. The molecule has 27 heavy (non-hydrogen) atoms. The number of hydrogen-bond acceptors (Lipinski definition) is 4. The summed E-state index contributed by atoms with van der Waals surface area (Å²) in [5.41, 5.74) is 7.34. The van der Waals surface area contributed by atoms with Crippen LogP contribution in [-0.4, -0.2) is 40.0 Å². The second-order valence-electron chi connectivity index (χ2n) is 9.28. The molecule has 2 aliphatic heterocycles. The summed E-state index contributed by atoms with van der Waals surface area (Å²) in [6.07, 6.45) is 1.36. The topological polar surface area (TPSA) is 41.7 Å². The SMILES string of the molecule is CN1C(C)(C)CC2(CC1(C)C)OC(=S)N(c1cccc3ccccc13)C2N. The fraction of sp³-hybridized carbons (Fsp3) is 0.500. The van der Waals surface area contributed by atoms with Crippen LogP contribution in [-0.2, 0) is 4.74 Å². The maximum atomic E-state index is 6.88. The highest BCUT2D eigenvalue weighted by molar-refractivity contribution is 7.80. The zero-order valence-electron chi connectivity index (χ0n) is 16.8. The van der Waals surface area contributed by atoms with Crippen molar-refractivity contribution in [3.8, 4) is 0 Å².